The molecule has 0 fully saturated rings. The molecule has 0 aromatic rings. The molecule has 0 saturated heterocycles. The fraction of sp³-hybridized carbons (Fsp3) is 0.429. The zero-order chi connectivity index (χ0) is 8.85. The zero-order valence-electron chi connectivity index (χ0n) is 6.29. The van der Waals surface area contributed by atoms with E-state index in [0.29, 0.717) is 0 Å². The Kier molecular flexibility index (Phi) is 4.14. The van der Waals surface area contributed by atoms with Gasteiger partial charge >= 0.3 is 5.97 Å². The summed E-state index contributed by atoms with van der Waals surface area (Å²) < 4.78 is 4.41. The van der Waals surface area contributed by atoms with Crippen LogP contribution in [0.4, 0.5) is 0 Å². The van der Waals surface area contributed by atoms with Gasteiger partial charge in [0.05, 0.1) is 0 Å². The third-order valence-corrected chi connectivity index (χ3v) is 0.889. The Morgan fingerprint density at radius 2 is 2.09 bits per heavy atom. The second-order valence-electron chi connectivity index (χ2n) is 2.05. The number of rotatable bonds is 4. The summed E-state index contributed by atoms with van der Waals surface area (Å²) in [6.07, 6.45) is 0. The van der Waals surface area contributed by atoms with Crippen molar-refractivity contribution in [2.75, 3.05) is 13.2 Å². The highest BCUT2D eigenvalue weighted by Gasteiger charge is 2.05. The molecule has 0 heterocycles. The number of hydrogen-bond donors (Lipinski definition) is 1. The first-order chi connectivity index (χ1) is 5.07. The van der Waals surface area contributed by atoms with Crippen molar-refractivity contribution >= 4 is 11.8 Å². The molecule has 0 unspecified atom stereocenters. The van der Waals surface area contributed by atoms with E-state index in [1.165, 1.54) is 6.92 Å². The van der Waals surface area contributed by atoms with E-state index in [0.717, 1.165) is 0 Å². The van der Waals surface area contributed by atoms with Crippen LogP contribution in [-0.4, -0.2) is 30.1 Å². The third kappa shape index (κ3) is 4.27. The maximum atomic E-state index is 10.6. The molecule has 0 aromatic heterocycles. The fourth-order valence-corrected chi connectivity index (χ4v) is 0.315. The van der Waals surface area contributed by atoms with Crippen LogP contribution in [0.25, 0.3) is 0 Å². The molecule has 0 amide bonds. The molecule has 4 nitrogen and oxygen atoms in total. The Morgan fingerprint density at radius 3 is 2.45 bits per heavy atom. The Bertz CT molecular complexity index is 183. The van der Waals surface area contributed by atoms with Gasteiger partial charge in [0.15, 0.2) is 12.4 Å². The van der Waals surface area contributed by atoms with Gasteiger partial charge in [0, 0.05) is 5.57 Å². The van der Waals surface area contributed by atoms with Crippen molar-refractivity contribution in [3.05, 3.63) is 12.2 Å². The van der Waals surface area contributed by atoms with Crippen molar-refractivity contribution in [2.24, 2.45) is 0 Å². The fourth-order valence-electron chi connectivity index (χ4n) is 0.315. The van der Waals surface area contributed by atoms with E-state index in [1.54, 1.807) is 0 Å². The standard InChI is InChI=1S/C7H10O4/c1-5(2)7(10)11-4-6(9)3-8/h8H,1,3-4H2,2H3. The number of esters is 1. The Balaban J connectivity index is 3.63. The lowest BCUT2D eigenvalue weighted by molar-refractivity contribution is -0.144. The van der Waals surface area contributed by atoms with Gasteiger partial charge in [-0.05, 0) is 6.92 Å². The number of hydrogen-bond acceptors (Lipinski definition) is 4. The normalized spacial score (nSPS) is 8.91. The Labute approximate surface area is 64.5 Å². The molecule has 0 atom stereocenters. The van der Waals surface area contributed by atoms with Crippen LogP contribution in [0.15, 0.2) is 12.2 Å². The first-order valence-electron chi connectivity index (χ1n) is 3.03. The third-order valence-electron chi connectivity index (χ3n) is 0.889. The lowest BCUT2D eigenvalue weighted by Gasteiger charge is -2.00. The molecule has 0 aromatic carbocycles. The highest BCUT2D eigenvalue weighted by molar-refractivity contribution is 5.89. The minimum atomic E-state index is -0.619. The summed E-state index contributed by atoms with van der Waals surface area (Å²) in [6, 6.07) is 0. The molecule has 0 radical (unpaired) electrons. The quantitative estimate of drug-likeness (QED) is 0.449. The number of ether oxygens (including phenoxy) is 1. The number of aliphatic hydroxyl groups excluding tert-OH is 1. The van der Waals surface area contributed by atoms with Crippen molar-refractivity contribution in [2.45, 2.75) is 6.92 Å². The summed E-state index contributed by atoms with van der Waals surface area (Å²) >= 11 is 0. The van der Waals surface area contributed by atoms with Crippen molar-refractivity contribution in [3.8, 4) is 0 Å². The molecule has 0 rings (SSSR count). The summed E-state index contributed by atoms with van der Waals surface area (Å²) in [6.45, 7) is 3.79. The molecule has 0 bridgehead atoms. The van der Waals surface area contributed by atoms with Gasteiger partial charge in [-0.15, -0.1) is 0 Å². The number of Topliss-reactive ketones (excluding diaryl/α,β-unsaturated/α-hetero) is 1. The zero-order valence-corrected chi connectivity index (χ0v) is 6.29. The van der Waals surface area contributed by atoms with E-state index in [-0.39, 0.29) is 12.2 Å². The molecule has 11 heavy (non-hydrogen) atoms. The SMILES string of the molecule is C=C(C)C(=O)OCC(=O)CO. The summed E-state index contributed by atoms with van der Waals surface area (Å²) in [5, 5.41) is 8.22. The van der Waals surface area contributed by atoms with Crippen LogP contribution in [0.3, 0.4) is 0 Å². The first-order valence-corrected chi connectivity index (χ1v) is 3.03. The van der Waals surface area contributed by atoms with Crippen molar-refractivity contribution in [3.63, 3.8) is 0 Å². The summed E-state index contributed by atoms with van der Waals surface area (Å²) in [4.78, 5) is 21.0. The molecular weight excluding hydrogens is 148 g/mol. The van der Waals surface area contributed by atoms with E-state index in [2.05, 4.69) is 11.3 Å². The van der Waals surface area contributed by atoms with Gasteiger partial charge < -0.3 is 9.84 Å². The van der Waals surface area contributed by atoms with Crippen molar-refractivity contribution in [1.29, 1.82) is 0 Å². The van der Waals surface area contributed by atoms with E-state index >= 15 is 0 Å². The highest BCUT2D eigenvalue weighted by Crippen LogP contribution is 1.91. The topological polar surface area (TPSA) is 63.6 Å². The van der Waals surface area contributed by atoms with Crippen LogP contribution >= 0.6 is 0 Å². The van der Waals surface area contributed by atoms with Crippen molar-refractivity contribution < 1.29 is 19.4 Å². The maximum Gasteiger partial charge on any atom is 0.333 e. The second kappa shape index (κ2) is 4.62. The second-order valence-corrected chi connectivity index (χ2v) is 2.05. The number of carbonyl (C=O) groups excluding carboxylic acids is 2. The van der Waals surface area contributed by atoms with Crippen LogP contribution in [0.2, 0.25) is 0 Å². The monoisotopic (exact) mass is 158 g/mol. The van der Waals surface area contributed by atoms with Gasteiger partial charge in [0.1, 0.15) is 6.61 Å². The lowest BCUT2D eigenvalue weighted by atomic mass is 10.3. The predicted molar refractivity (Wildman–Crippen MR) is 37.9 cm³/mol. The van der Waals surface area contributed by atoms with Crippen LogP contribution in [-0.2, 0) is 14.3 Å². The van der Waals surface area contributed by atoms with E-state index < -0.39 is 18.4 Å². The molecular formula is C7H10O4. The molecule has 0 aliphatic carbocycles. The number of aliphatic hydroxyl groups is 1. The Hall–Kier alpha value is -1.16. The highest BCUT2D eigenvalue weighted by atomic mass is 16.5. The van der Waals surface area contributed by atoms with Crippen LogP contribution in [0.5, 0.6) is 0 Å². The minimum Gasteiger partial charge on any atom is -0.454 e. The molecule has 0 aliphatic rings. The van der Waals surface area contributed by atoms with Gasteiger partial charge in [0.2, 0.25) is 0 Å². The summed E-state index contributed by atoms with van der Waals surface area (Å²) in [7, 11) is 0. The molecule has 4 heteroatoms. The Morgan fingerprint density at radius 1 is 1.55 bits per heavy atom. The lowest BCUT2D eigenvalue weighted by Crippen LogP contribution is -2.16. The minimum absolute atomic E-state index is 0.232. The van der Waals surface area contributed by atoms with Crippen LogP contribution in [0, 0.1) is 0 Å². The number of carbonyl (C=O) groups is 2. The van der Waals surface area contributed by atoms with E-state index in [1.807, 2.05) is 0 Å². The molecule has 62 valence electrons. The van der Waals surface area contributed by atoms with Gasteiger partial charge in [-0.2, -0.15) is 0 Å². The van der Waals surface area contributed by atoms with Gasteiger partial charge in [-0.25, -0.2) is 4.79 Å². The largest absolute Gasteiger partial charge is 0.454 e. The first kappa shape index (κ1) is 9.84. The maximum absolute atomic E-state index is 10.6. The number of ketones is 1. The average molecular weight is 158 g/mol. The molecule has 0 saturated carbocycles. The average Bonchev–Trinajstić information content (AvgIpc) is 1.99. The van der Waals surface area contributed by atoms with Gasteiger partial charge in [0.25, 0.3) is 0 Å². The summed E-state index contributed by atoms with van der Waals surface area (Å²) in [5.41, 5.74) is 0.232. The molecule has 1 N–H and O–H groups in total. The van der Waals surface area contributed by atoms with E-state index in [4.69, 9.17) is 5.11 Å². The molecule has 0 aliphatic heterocycles. The van der Waals surface area contributed by atoms with Gasteiger partial charge in [-0.1, -0.05) is 6.58 Å². The smallest absolute Gasteiger partial charge is 0.333 e. The van der Waals surface area contributed by atoms with Gasteiger partial charge in [-0.3, -0.25) is 4.79 Å². The summed E-state index contributed by atoms with van der Waals surface area (Å²) in [5.74, 6) is -1.15. The van der Waals surface area contributed by atoms with Crippen LogP contribution in [0.1, 0.15) is 6.92 Å². The van der Waals surface area contributed by atoms with Crippen LogP contribution < -0.4 is 0 Å². The van der Waals surface area contributed by atoms with E-state index in [9.17, 15) is 9.59 Å². The molecule has 0 spiro atoms. The predicted octanol–water partition coefficient (Wildman–Crippen LogP) is -0.333. The van der Waals surface area contributed by atoms with Crippen molar-refractivity contribution in [1.82, 2.24) is 0 Å².